The van der Waals surface area contributed by atoms with Gasteiger partial charge in [0.1, 0.15) is 5.60 Å². The molecular weight excluding hydrogens is 304 g/mol. The minimum atomic E-state index is -0.433. The van der Waals surface area contributed by atoms with Crippen LogP contribution in [0.25, 0.3) is 0 Å². The Morgan fingerprint density at radius 2 is 1.88 bits per heavy atom. The summed E-state index contributed by atoms with van der Waals surface area (Å²) < 4.78 is 11.1. The fourth-order valence-electron chi connectivity index (χ4n) is 4.93. The second-order valence-electron chi connectivity index (χ2n) is 9.28. The molecule has 1 saturated carbocycles. The van der Waals surface area contributed by atoms with Crippen molar-refractivity contribution in [3.05, 3.63) is 0 Å². The largest absolute Gasteiger partial charge is 0.444 e. The number of likely N-dealkylation sites (tertiary alicyclic amines) is 1. The molecule has 0 aromatic rings. The minimum absolute atomic E-state index is 0.0836. The van der Waals surface area contributed by atoms with Crippen molar-refractivity contribution >= 4 is 6.09 Å². The lowest BCUT2D eigenvalue weighted by atomic mass is 9.52. The molecule has 138 valence electrons. The summed E-state index contributed by atoms with van der Waals surface area (Å²) >= 11 is 0. The Morgan fingerprint density at radius 3 is 2.50 bits per heavy atom. The van der Waals surface area contributed by atoms with E-state index in [2.05, 4.69) is 19.2 Å². The summed E-state index contributed by atoms with van der Waals surface area (Å²) in [5.74, 6) is 0.545. The molecule has 0 aromatic heterocycles. The van der Waals surface area contributed by atoms with Crippen LogP contribution < -0.4 is 5.32 Å². The van der Waals surface area contributed by atoms with E-state index in [1.807, 2.05) is 25.7 Å². The van der Waals surface area contributed by atoms with Gasteiger partial charge in [-0.2, -0.15) is 0 Å². The number of piperidine rings is 1. The molecule has 24 heavy (non-hydrogen) atoms. The van der Waals surface area contributed by atoms with Gasteiger partial charge in [0.05, 0.1) is 0 Å². The average molecular weight is 338 g/mol. The highest BCUT2D eigenvalue weighted by molar-refractivity contribution is 5.69. The molecule has 1 unspecified atom stereocenters. The van der Waals surface area contributed by atoms with Crippen molar-refractivity contribution in [2.24, 2.45) is 11.3 Å². The number of hydrogen-bond donors (Lipinski definition) is 1. The molecule has 3 rings (SSSR count). The Labute approximate surface area is 146 Å². The molecule has 3 atom stereocenters. The number of carbonyl (C=O) groups excluding carboxylic acids is 1. The normalized spacial score (nSPS) is 33.5. The van der Waals surface area contributed by atoms with Gasteiger partial charge in [-0.25, -0.2) is 4.79 Å². The van der Waals surface area contributed by atoms with Crippen molar-refractivity contribution in [3.8, 4) is 0 Å². The zero-order chi connectivity index (χ0) is 17.5. The van der Waals surface area contributed by atoms with Crippen molar-refractivity contribution in [2.45, 2.75) is 84.0 Å². The Morgan fingerprint density at radius 1 is 1.21 bits per heavy atom. The molecule has 0 spiro atoms. The smallest absolute Gasteiger partial charge is 0.410 e. The van der Waals surface area contributed by atoms with Gasteiger partial charge in [0, 0.05) is 43.3 Å². The molecule has 3 fully saturated rings. The molecule has 1 amide bonds. The van der Waals surface area contributed by atoms with E-state index >= 15 is 0 Å². The molecule has 2 heterocycles. The second-order valence-corrected chi connectivity index (χ2v) is 9.28. The van der Waals surface area contributed by atoms with Crippen LogP contribution in [0.4, 0.5) is 4.79 Å². The highest BCUT2D eigenvalue weighted by Crippen LogP contribution is 2.53. The van der Waals surface area contributed by atoms with Crippen molar-refractivity contribution in [1.82, 2.24) is 10.2 Å². The lowest BCUT2D eigenvalue weighted by molar-refractivity contribution is -0.124. The first-order valence-electron chi connectivity index (χ1n) is 9.53. The topological polar surface area (TPSA) is 50.8 Å². The van der Waals surface area contributed by atoms with Gasteiger partial charge in [-0.15, -0.1) is 0 Å². The molecule has 0 bridgehead atoms. The molecule has 2 aliphatic heterocycles. The molecular formula is C19H34N2O3. The molecule has 0 radical (unpaired) electrons. The van der Waals surface area contributed by atoms with Crippen LogP contribution in [0.2, 0.25) is 0 Å². The Hall–Kier alpha value is -0.810. The quantitative estimate of drug-likeness (QED) is 0.840. The molecule has 1 N–H and O–H groups in total. The van der Waals surface area contributed by atoms with Crippen LogP contribution in [0.1, 0.15) is 60.3 Å². The van der Waals surface area contributed by atoms with Crippen LogP contribution in [0.15, 0.2) is 0 Å². The third kappa shape index (κ3) is 3.43. The molecule has 2 saturated heterocycles. The summed E-state index contributed by atoms with van der Waals surface area (Å²) in [6.45, 7) is 13.0. The van der Waals surface area contributed by atoms with E-state index in [0.717, 1.165) is 39.0 Å². The predicted molar refractivity (Wildman–Crippen MR) is 94.0 cm³/mol. The number of rotatable bonds is 2. The van der Waals surface area contributed by atoms with Crippen LogP contribution in [0, 0.1) is 11.3 Å². The van der Waals surface area contributed by atoms with Gasteiger partial charge in [0.15, 0.2) is 0 Å². The highest BCUT2D eigenvalue weighted by atomic mass is 16.6. The summed E-state index contributed by atoms with van der Waals surface area (Å²) in [5, 5.41) is 3.89. The lowest BCUT2D eigenvalue weighted by Gasteiger charge is -2.64. The van der Waals surface area contributed by atoms with Gasteiger partial charge >= 0.3 is 6.09 Å². The standard InChI is InChI=1S/C19H34N2O3/c1-18(2,3)24-17(22)21-10-6-7-14-15(19(4,5)16(14)21)20-13-8-11-23-12-9-13/h13-16,20H,6-12H2,1-5H3/t14-,15?,16-/m1/s1. The van der Waals surface area contributed by atoms with E-state index in [1.165, 1.54) is 6.42 Å². The van der Waals surface area contributed by atoms with Crippen LogP contribution in [0.3, 0.4) is 0 Å². The second kappa shape index (κ2) is 6.49. The first-order valence-corrected chi connectivity index (χ1v) is 9.53. The van der Waals surface area contributed by atoms with Crippen molar-refractivity contribution in [3.63, 3.8) is 0 Å². The summed E-state index contributed by atoms with van der Waals surface area (Å²) in [6, 6.07) is 1.33. The van der Waals surface area contributed by atoms with E-state index in [9.17, 15) is 4.79 Å². The number of fused-ring (bicyclic) bond motifs is 1. The molecule has 5 heteroatoms. The van der Waals surface area contributed by atoms with E-state index in [1.54, 1.807) is 0 Å². The van der Waals surface area contributed by atoms with Crippen molar-refractivity contribution < 1.29 is 14.3 Å². The number of nitrogens with zero attached hydrogens (tertiary/aromatic N) is 1. The Balaban J connectivity index is 1.67. The number of hydrogen-bond acceptors (Lipinski definition) is 4. The first kappa shape index (κ1) is 18.0. The number of amides is 1. The van der Waals surface area contributed by atoms with Crippen LogP contribution >= 0.6 is 0 Å². The lowest BCUT2D eigenvalue weighted by Crippen LogP contribution is -2.75. The Kier molecular flexibility index (Phi) is 4.86. The SMILES string of the molecule is CC(C)(C)OC(=O)N1CCC[C@@H]2C(NC3CCOCC3)C(C)(C)[C@@H]21. The third-order valence-electron chi connectivity index (χ3n) is 5.93. The molecule has 5 nitrogen and oxygen atoms in total. The molecule has 3 aliphatic rings. The van der Waals surface area contributed by atoms with Crippen LogP contribution in [0.5, 0.6) is 0 Å². The van der Waals surface area contributed by atoms with Gasteiger partial charge in [0.2, 0.25) is 0 Å². The third-order valence-corrected chi connectivity index (χ3v) is 5.93. The summed E-state index contributed by atoms with van der Waals surface area (Å²) in [7, 11) is 0. The number of nitrogens with one attached hydrogen (secondary N) is 1. The zero-order valence-electron chi connectivity index (χ0n) is 15.9. The van der Waals surface area contributed by atoms with E-state index in [-0.39, 0.29) is 11.5 Å². The van der Waals surface area contributed by atoms with Crippen molar-refractivity contribution in [1.29, 1.82) is 0 Å². The average Bonchev–Trinajstić information content (AvgIpc) is 2.51. The summed E-state index contributed by atoms with van der Waals surface area (Å²) in [6.07, 6.45) is 4.32. The maximum absolute atomic E-state index is 12.7. The van der Waals surface area contributed by atoms with Crippen LogP contribution in [-0.2, 0) is 9.47 Å². The fourth-order valence-corrected chi connectivity index (χ4v) is 4.93. The predicted octanol–water partition coefficient (Wildman–Crippen LogP) is 3.18. The summed E-state index contributed by atoms with van der Waals surface area (Å²) in [4.78, 5) is 14.7. The van der Waals surface area contributed by atoms with Crippen molar-refractivity contribution in [2.75, 3.05) is 19.8 Å². The van der Waals surface area contributed by atoms with Crippen LogP contribution in [-0.4, -0.2) is 54.5 Å². The van der Waals surface area contributed by atoms with E-state index in [0.29, 0.717) is 24.0 Å². The number of ether oxygens (including phenoxy) is 2. The van der Waals surface area contributed by atoms with Gasteiger partial charge < -0.3 is 19.7 Å². The van der Waals surface area contributed by atoms with Gasteiger partial charge in [0.25, 0.3) is 0 Å². The molecule has 1 aliphatic carbocycles. The maximum Gasteiger partial charge on any atom is 0.410 e. The number of carbonyl (C=O) groups is 1. The maximum atomic E-state index is 12.7. The molecule has 0 aromatic carbocycles. The summed E-state index contributed by atoms with van der Waals surface area (Å²) in [5.41, 5.74) is -0.349. The monoisotopic (exact) mass is 338 g/mol. The van der Waals surface area contributed by atoms with Gasteiger partial charge in [-0.1, -0.05) is 13.8 Å². The van der Waals surface area contributed by atoms with Gasteiger partial charge in [-0.05, 0) is 52.4 Å². The zero-order valence-corrected chi connectivity index (χ0v) is 15.9. The van der Waals surface area contributed by atoms with E-state index < -0.39 is 5.60 Å². The highest BCUT2D eigenvalue weighted by Gasteiger charge is 2.61. The van der Waals surface area contributed by atoms with Gasteiger partial charge in [-0.3, -0.25) is 0 Å². The minimum Gasteiger partial charge on any atom is -0.444 e. The van der Waals surface area contributed by atoms with E-state index in [4.69, 9.17) is 9.47 Å². The fraction of sp³-hybridized carbons (Fsp3) is 0.947. The first-order chi connectivity index (χ1) is 11.2. The Bertz CT molecular complexity index is 466.